The second kappa shape index (κ2) is 10.6. The van der Waals surface area contributed by atoms with E-state index in [0.29, 0.717) is 24.6 Å². The highest BCUT2D eigenvalue weighted by molar-refractivity contribution is 5.90. The molecule has 1 aliphatic heterocycles. The third-order valence-corrected chi connectivity index (χ3v) is 5.30. The van der Waals surface area contributed by atoms with Gasteiger partial charge in [-0.25, -0.2) is 0 Å². The van der Waals surface area contributed by atoms with Crippen LogP contribution in [0.5, 0.6) is 11.5 Å². The summed E-state index contributed by atoms with van der Waals surface area (Å²) < 4.78 is 10.4. The Morgan fingerprint density at radius 3 is 2.06 bits per heavy atom. The molecular weight excluding hydrogens is 414 g/mol. The molecule has 0 radical (unpaired) electrons. The minimum Gasteiger partial charge on any atom is -0.497 e. The first-order valence-corrected chi connectivity index (χ1v) is 10.2. The lowest BCUT2D eigenvalue weighted by Gasteiger charge is -2.32. The summed E-state index contributed by atoms with van der Waals surface area (Å²) in [4.78, 5) is 37.7. The van der Waals surface area contributed by atoms with Gasteiger partial charge in [-0.2, -0.15) is 0 Å². The van der Waals surface area contributed by atoms with Gasteiger partial charge < -0.3 is 30.1 Å². The molecule has 0 spiro atoms. The van der Waals surface area contributed by atoms with Gasteiger partial charge in [0.1, 0.15) is 18.0 Å². The Bertz CT molecular complexity index is 898. The van der Waals surface area contributed by atoms with E-state index in [2.05, 4.69) is 10.6 Å². The van der Waals surface area contributed by atoms with Crippen molar-refractivity contribution in [2.45, 2.75) is 18.5 Å². The number of carboxylic acid groups (broad SMARTS) is 1. The molecule has 9 heteroatoms. The minimum absolute atomic E-state index is 0.0994. The highest BCUT2D eigenvalue weighted by Crippen LogP contribution is 2.26. The zero-order valence-electron chi connectivity index (χ0n) is 18.0. The van der Waals surface area contributed by atoms with Crippen LogP contribution in [0, 0.1) is 0 Å². The predicted octanol–water partition coefficient (Wildman–Crippen LogP) is 1.18. The van der Waals surface area contributed by atoms with Crippen LogP contribution in [0.1, 0.15) is 23.6 Å². The molecule has 0 aliphatic carbocycles. The summed E-state index contributed by atoms with van der Waals surface area (Å²) >= 11 is 0. The van der Waals surface area contributed by atoms with Crippen molar-refractivity contribution in [3.8, 4) is 11.5 Å². The van der Waals surface area contributed by atoms with Crippen LogP contribution >= 0.6 is 0 Å². The van der Waals surface area contributed by atoms with Crippen molar-refractivity contribution in [2.75, 3.05) is 33.9 Å². The zero-order valence-corrected chi connectivity index (χ0v) is 18.0. The number of piperazine rings is 1. The molecular formula is C23H27N3O6. The number of benzene rings is 2. The molecule has 1 fully saturated rings. The number of carbonyl (C=O) groups excluding carboxylic acids is 2. The molecule has 1 heterocycles. The van der Waals surface area contributed by atoms with E-state index in [1.54, 1.807) is 14.2 Å². The van der Waals surface area contributed by atoms with Crippen LogP contribution in [0.15, 0.2) is 48.5 Å². The lowest BCUT2D eigenvalue weighted by Crippen LogP contribution is -2.57. The Labute approximate surface area is 186 Å². The fraction of sp³-hybridized carbons (Fsp3) is 0.348. The third kappa shape index (κ3) is 5.76. The quantitative estimate of drug-likeness (QED) is 0.535. The molecule has 32 heavy (non-hydrogen) atoms. The Morgan fingerprint density at radius 2 is 1.59 bits per heavy atom. The molecule has 0 aromatic heterocycles. The molecule has 1 saturated heterocycles. The summed E-state index contributed by atoms with van der Waals surface area (Å²) in [5.74, 6) is -0.403. The Morgan fingerprint density at radius 1 is 1.06 bits per heavy atom. The maximum absolute atomic E-state index is 12.9. The topological polar surface area (TPSA) is 117 Å². The normalized spacial score (nSPS) is 16.0. The SMILES string of the molecule is COc1ccc(C(NC(=O)C[C@@H]2NCCN(CC(=O)O)C2=O)c2ccc(OC)cc2)cc1. The van der Waals surface area contributed by atoms with Crippen molar-refractivity contribution >= 4 is 17.8 Å². The maximum Gasteiger partial charge on any atom is 0.323 e. The van der Waals surface area contributed by atoms with Gasteiger partial charge in [0.2, 0.25) is 11.8 Å². The smallest absolute Gasteiger partial charge is 0.323 e. The zero-order chi connectivity index (χ0) is 23.1. The number of nitrogens with one attached hydrogen (secondary N) is 2. The predicted molar refractivity (Wildman–Crippen MR) is 117 cm³/mol. The van der Waals surface area contributed by atoms with E-state index in [1.165, 1.54) is 4.90 Å². The van der Waals surface area contributed by atoms with Gasteiger partial charge in [0.15, 0.2) is 0 Å². The number of rotatable bonds is 9. The molecule has 170 valence electrons. The van der Waals surface area contributed by atoms with Gasteiger partial charge in [0, 0.05) is 13.1 Å². The molecule has 2 amide bonds. The fourth-order valence-electron chi connectivity index (χ4n) is 3.63. The van der Waals surface area contributed by atoms with Crippen molar-refractivity contribution < 1.29 is 29.0 Å². The van der Waals surface area contributed by atoms with Gasteiger partial charge in [0.25, 0.3) is 0 Å². The molecule has 2 aromatic carbocycles. The van der Waals surface area contributed by atoms with Gasteiger partial charge in [0.05, 0.1) is 32.7 Å². The number of aliphatic carboxylic acids is 1. The lowest BCUT2D eigenvalue weighted by atomic mass is 9.97. The summed E-state index contributed by atoms with van der Waals surface area (Å²) in [5, 5.41) is 15.0. The Kier molecular flexibility index (Phi) is 7.67. The first kappa shape index (κ1) is 23.1. The van der Waals surface area contributed by atoms with Crippen LogP contribution in [0.2, 0.25) is 0 Å². The summed E-state index contributed by atoms with van der Waals surface area (Å²) in [6, 6.07) is 13.5. The Hall–Kier alpha value is -3.59. The van der Waals surface area contributed by atoms with Crippen molar-refractivity contribution in [3.05, 3.63) is 59.7 Å². The van der Waals surface area contributed by atoms with Crippen molar-refractivity contribution in [1.29, 1.82) is 0 Å². The summed E-state index contributed by atoms with van der Waals surface area (Å²) in [6.45, 7) is 0.347. The number of ether oxygens (including phenoxy) is 2. The monoisotopic (exact) mass is 441 g/mol. The fourth-order valence-corrected chi connectivity index (χ4v) is 3.63. The second-order valence-electron chi connectivity index (χ2n) is 7.41. The van der Waals surface area contributed by atoms with Crippen LogP contribution < -0.4 is 20.1 Å². The van der Waals surface area contributed by atoms with E-state index in [9.17, 15) is 14.4 Å². The molecule has 0 bridgehead atoms. The number of amides is 2. The second-order valence-corrected chi connectivity index (χ2v) is 7.41. The lowest BCUT2D eigenvalue weighted by molar-refractivity contribution is -0.147. The first-order valence-electron chi connectivity index (χ1n) is 10.2. The van der Waals surface area contributed by atoms with Crippen LogP contribution in [0.25, 0.3) is 0 Å². The molecule has 1 aliphatic rings. The van der Waals surface area contributed by atoms with Crippen molar-refractivity contribution in [1.82, 2.24) is 15.5 Å². The van der Waals surface area contributed by atoms with E-state index in [-0.39, 0.29) is 24.8 Å². The van der Waals surface area contributed by atoms with Gasteiger partial charge in [-0.15, -0.1) is 0 Å². The first-order chi connectivity index (χ1) is 15.4. The van der Waals surface area contributed by atoms with E-state index in [0.717, 1.165) is 11.1 Å². The molecule has 0 saturated carbocycles. The van der Waals surface area contributed by atoms with Gasteiger partial charge in [-0.05, 0) is 35.4 Å². The standard InChI is InChI=1S/C23H27N3O6/c1-31-17-7-3-15(4-8-17)22(16-5-9-18(32-2)10-6-16)25-20(27)13-19-23(30)26(12-11-24-19)14-21(28)29/h3-10,19,22,24H,11-14H2,1-2H3,(H,25,27)(H,28,29)/t19-/m0/s1. The van der Waals surface area contributed by atoms with Crippen LogP contribution in [-0.2, 0) is 14.4 Å². The van der Waals surface area contributed by atoms with Crippen LogP contribution in [-0.4, -0.2) is 67.7 Å². The number of carboxylic acids is 1. The van der Waals surface area contributed by atoms with Crippen LogP contribution in [0.4, 0.5) is 0 Å². The van der Waals surface area contributed by atoms with E-state index >= 15 is 0 Å². The average Bonchev–Trinajstić information content (AvgIpc) is 2.80. The number of hydrogen-bond donors (Lipinski definition) is 3. The van der Waals surface area contributed by atoms with Crippen molar-refractivity contribution in [3.63, 3.8) is 0 Å². The summed E-state index contributed by atoms with van der Waals surface area (Å²) in [7, 11) is 3.17. The largest absolute Gasteiger partial charge is 0.497 e. The van der Waals surface area contributed by atoms with Crippen LogP contribution in [0.3, 0.4) is 0 Å². The summed E-state index contributed by atoms with van der Waals surface area (Å²) in [6.07, 6.45) is -0.0994. The molecule has 9 nitrogen and oxygen atoms in total. The van der Waals surface area contributed by atoms with E-state index < -0.39 is 18.1 Å². The van der Waals surface area contributed by atoms with E-state index in [1.807, 2.05) is 48.5 Å². The number of methoxy groups -OCH3 is 2. The molecule has 0 unspecified atom stereocenters. The number of hydrogen-bond acceptors (Lipinski definition) is 6. The maximum atomic E-state index is 12.9. The average molecular weight is 441 g/mol. The van der Waals surface area contributed by atoms with E-state index in [4.69, 9.17) is 14.6 Å². The molecule has 2 aromatic rings. The molecule has 3 rings (SSSR count). The highest BCUT2D eigenvalue weighted by atomic mass is 16.5. The summed E-state index contributed by atoms with van der Waals surface area (Å²) in [5.41, 5.74) is 1.69. The minimum atomic E-state index is -1.08. The van der Waals surface area contributed by atoms with Crippen molar-refractivity contribution in [2.24, 2.45) is 0 Å². The molecule has 3 N–H and O–H groups in total. The highest BCUT2D eigenvalue weighted by Gasteiger charge is 2.31. The molecule has 1 atom stereocenters. The Balaban J connectivity index is 1.76. The third-order valence-electron chi connectivity index (χ3n) is 5.30. The van der Waals surface area contributed by atoms with Gasteiger partial charge in [-0.1, -0.05) is 24.3 Å². The number of nitrogens with zero attached hydrogens (tertiary/aromatic N) is 1. The van der Waals surface area contributed by atoms with Gasteiger partial charge in [-0.3, -0.25) is 14.4 Å². The number of carbonyl (C=O) groups is 3. The van der Waals surface area contributed by atoms with Gasteiger partial charge >= 0.3 is 5.97 Å².